The lowest BCUT2D eigenvalue weighted by Gasteiger charge is -2.08. The standard InChI is InChI=1S/C13H14ClN5O2/c14-12-6-15-5-11(18-12)13(20)17-9-4-16-19(7-9)8-10-2-1-3-21-10/h4-7,10H,1-3,8H2,(H,17,20). The summed E-state index contributed by atoms with van der Waals surface area (Å²) in [6.45, 7) is 1.50. The van der Waals surface area contributed by atoms with E-state index in [1.54, 1.807) is 17.1 Å². The first-order valence-electron chi connectivity index (χ1n) is 6.63. The van der Waals surface area contributed by atoms with Crippen molar-refractivity contribution < 1.29 is 9.53 Å². The van der Waals surface area contributed by atoms with Crippen molar-refractivity contribution >= 4 is 23.2 Å². The smallest absolute Gasteiger partial charge is 0.276 e. The van der Waals surface area contributed by atoms with E-state index in [1.807, 2.05) is 0 Å². The fraction of sp³-hybridized carbons (Fsp3) is 0.385. The highest BCUT2D eigenvalue weighted by Crippen LogP contribution is 2.15. The zero-order chi connectivity index (χ0) is 14.7. The number of carbonyl (C=O) groups is 1. The number of nitrogens with one attached hydrogen (secondary N) is 1. The van der Waals surface area contributed by atoms with E-state index in [2.05, 4.69) is 20.4 Å². The van der Waals surface area contributed by atoms with Crippen LogP contribution < -0.4 is 5.32 Å². The van der Waals surface area contributed by atoms with E-state index in [0.29, 0.717) is 12.2 Å². The van der Waals surface area contributed by atoms with Crippen LogP contribution in [0.25, 0.3) is 0 Å². The average molecular weight is 308 g/mol. The first kappa shape index (κ1) is 14.0. The van der Waals surface area contributed by atoms with Crippen LogP contribution in [0.1, 0.15) is 23.3 Å². The quantitative estimate of drug-likeness (QED) is 0.930. The van der Waals surface area contributed by atoms with Gasteiger partial charge in [0.2, 0.25) is 0 Å². The minimum atomic E-state index is -0.373. The zero-order valence-corrected chi connectivity index (χ0v) is 12.0. The van der Waals surface area contributed by atoms with Gasteiger partial charge in [-0.25, -0.2) is 4.98 Å². The van der Waals surface area contributed by atoms with Crippen molar-refractivity contribution in [2.45, 2.75) is 25.5 Å². The molecular weight excluding hydrogens is 294 g/mol. The van der Waals surface area contributed by atoms with E-state index in [-0.39, 0.29) is 22.9 Å². The number of ether oxygens (including phenoxy) is 1. The second-order valence-corrected chi connectivity index (χ2v) is 5.15. The molecule has 0 saturated carbocycles. The van der Waals surface area contributed by atoms with E-state index in [1.165, 1.54) is 12.4 Å². The second-order valence-electron chi connectivity index (χ2n) is 4.77. The normalized spacial score (nSPS) is 17.9. The van der Waals surface area contributed by atoms with Crippen LogP contribution in [-0.4, -0.2) is 38.4 Å². The Hall–Kier alpha value is -1.99. The summed E-state index contributed by atoms with van der Waals surface area (Å²) in [6, 6.07) is 0. The molecule has 21 heavy (non-hydrogen) atoms. The van der Waals surface area contributed by atoms with Gasteiger partial charge in [-0.15, -0.1) is 0 Å². The summed E-state index contributed by atoms with van der Waals surface area (Å²) < 4.78 is 7.31. The Balaban J connectivity index is 1.62. The molecule has 0 bridgehead atoms. The van der Waals surface area contributed by atoms with Gasteiger partial charge in [-0.3, -0.25) is 14.5 Å². The highest BCUT2D eigenvalue weighted by Gasteiger charge is 2.17. The Morgan fingerprint density at radius 1 is 1.48 bits per heavy atom. The topological polar surface area (TPSA) is 81.9 Å². The van der Waals surface area contributed by atoms with Crippen LogP contribution in [0.2, 0.25) is 5.15 Å². The van der Waals surface area contributed by atoms with Gasteiger partial charge in [0.05, 0.1) is 36.9 Å². The summed E-state index contributed by atoms with van der Waals surface area (Å²) in [6.07, 6.45) is 8.41. The maximum atomic E-state index is 12.0. The number of rotatable bonds is 4. The van der Waals surface area contributed by atoms with Crippen LogP contribution in [0, 0.1) is 0 Å². The summed E-state index contributed by atoms with van der Waals surface area (Å²) in [5.74, 6) is -0.373. The molecule has 3 heterocycles. The number of anilines is 1. The Kier molecular flexibility index (Phi) is 4.12. The minimum absolute atomic E-state index is 0.161. The lowest BCUT2D eigenvalue weighted by molar-refractivity contribution is 0.0940. The number of hydrogen-bond acceptors (Lipinski definition) is 5. The number of aromatic nitrogens is 4. The van der Waals surface area contributed by atoms with Gasteiger partial charge in [0.1, 0.15) is 10.8 Å². The highest BCUT2D eigenvalue weighted by atomic mass is 35.5. The number of amides is 1. The summed E-state index contributed by atoms with van der Waals surface area (Å²) in [5.41, 5.74) is 0.758. The van der Waals surface area contributed by atoms with E-state index in [4.69, 9.17) is 16.3 Å². The molecule has 0 aromatic carbocycles. The number of nitrogens with zero attached hydrogens (tertiary/aromatic N) is 4. The number of carbonyl (C=O) groups excluding carboxylic acids is 1. The third-order valence-electron chi connectivity index (χ3n) is 3.14. The molecule has 1 atom stereocenters. The van der Waals surface area contributed by atoms with Crippen LogP contribution in [0.4, 0.5) is 5.69 Å². The fourth-order valence-electron chi connectivity index (χ4n) is 2.17. The number of halogens is 1. The largest absolute Gasteiger partial charge is 0.376 e. The van der Waals surface area contributed by atoms with Crippen molar-refractivity contribution in [2.75, 3.05) is 11.9 Å². The third kappa shape index (κ3) is 3.56. The van der Waals surface area contributed by atoms with Gasteiger partial charge < -0.3 is 10.1 Å². The maximum absolute atomic E-state index is 12.0. The first-order valence-corrected chi connectivity index (χ1v) is 7.01. The molecule has 0 aliphatic carbocycles. The van der Waals surface area contributed by atoms with Crippen LogP contribution in [-0.2, 0) is 11.3 Å². The Morgan fingerprint density at radius 3 is 3.14 bits per heavy atom. The second kappa shape index (κ2) is 6.19. The van der Waals surface area contributed by atoms with Crippen LogP contribution in [0.5, 0.6) is 0 Å². The van der Waals surface area contributed by atoms with Crippen molar-refractivity contribution in [1.82, 2.24) is 19.7 Å². The lowest BCUT2D eigenvalue weighted by Crippen LogP contribution is -2.15. The van der Waals surface area contributed by atoms with Crippen molar-refractivity contribution in [3.63, 3.8) is 0 Å². The SMILES string of the molecule is O=C(Nc1cnn(CC2CCCO2)c1)c1cncc(Cl)n1. The molecule has 1 unspecified atom stereocenters. The summed E-state index contributed by atoms with van der Waals surface area (Å²) >= 11 is 5.71. The van der Waals surface area contributed by atoms with E-state index in [9.17, 15) is 4.79 Å². The molecular formula is C13H14ClN5O2. The molecule has 2 aromatic heterocycles. The lowest BCUT2D eigenvalue weighted by atomic mass is 10.2. The molecule has 3 rings (SSSR count). The van der Waals surface area contributed by atoms with Gasteiger partial charge in [-0.2, -0.15) is 5.10 Å². The molecule has 1 aliphatic rings. The van der Waals surface area contributed by atoms with E-state index < -0.39 is 0 Å². The third-order valence-corrected chi connectivity index (χ3v) is 3.33. The molecule has 1 fully saturated rings. The molecule has 0 spiro atoms. The van der Waals surface area contributed by atoms with Crippen molar-refractivity contribution in [2.24, 2.45) is 0 Å². The van der Waals surface area contributed by atoms with E-state index >= 15 is 0 Å². The first-order chi connectivity index (χ1) is 10.2. The highest BCUT2D eigenvalue weighted by molar-refractivity contribution is 6.29. The van der Waals surface area contributed by atoms with Gasteiger partial charge in [0.25, 0.3) is 5.91 Å². The van der Waals surface area contributed by atoms with Crippen LogP contribution in [0.3, 0.4) is 0 Å². The van der Waals surface area contributed by atoms with Gasteiger partial charge in [0.15, 0.2) is 0 Å². The predicted octanol–water partition coefficient (Wildman–Crippen LogP) is 1.76. The molecule has 1 N–H and O–H groups in total. The van der Waals surface area contributed by atoms with Crippen molar-refractivity contribution in [1.29, 1.82) is 0 Å². The molecule has 1 aliphatic heterocycles. The van der Waals surface area contributed by atoms with Crippen molar-refractivity contribution in [3.8, 4) is 0 Å². The summed E-state index contributed by atoms with van der Waals surface area (Å²) in [4.78, 5) is 19.7. The molecule has 7 nitrogen and oxygen atoms in total. The van der Waals surface area contributed by atoms with Crippen LogP contribution >= 0.6 is 11.6 Å². The van der Waals surface area contributed by atoms with Gasteiger partial charge in [-0.05, 0) is 12.8 Å². The summed E-state index contributed by atoms with van der Waals surface area (Å²) in [5, 5.41) is 7.09. The van der Waals surface area contributed by atoms with Gasteiger partial charge >= 0.3 is 0 Å². The van der Waals surface area contributed by atoms with E-state index in [0.717, 1.165) is 19.4 Å². The molecule has 8 heteroatoms. The molecule has 110 valence electrons. The van der Waals surface area contributed by atoms with Gasteiger partial charge in [-0.1, -0.05) is 11.6 Å². The van der Waals surface area contributed by atoms with Gasteiger partial charge in [0, 0.05) is 12.8 Å². The van der Waals surface area contributed by atoms with Crippen molar-refractivity contribution in [3.05, 3.63) is 35.6 Å². The zero-order valence-electron chi connectivity index (χ0n) is 11.2. The molecule has 1 saturated heterocycles. The molecule has 2 aromatic rings. The summed E-state index contributed by atoms with van der Waals surface area (Å²) in [7, 11) is 0. The monoisotopic (exact) mass is 307 g/mol. The Labute approximate surface area is 126 Å². The van der Waals surface area contributed by atoms with Crippen LogP contribution in [0.15, 0.2) is 24.8 Å². The number of hydrogen-bond donors (Lipinski definition) is 1. The molecule has 1 amide bonds. The maximum Gasteiger partial charge on any atom is 0.276 e. The Morgan fingerprint density at radius 2 is 2.38 bits per heavy atom. The predicted molar refractivity (Wildman–Crippen MR) is 76.2 cm³/mol. The average Bonchev–Trinajstić information content (AvgIpc) is 3.11. The Bertz CT molecular complexity index is 639. The minimum Gasteiger partial charge on any atom is -0.376 e. The molecule has 0 radical (unpaired) electrons. The fourth-order valence-corrected chi connectivity index (χ4v) is 2.32.